The lowest BCUT2D eigenvalue weighted by Crippen LogP contribution is -2.28. The number of halogens is 2. The zero-order valence-electron chi connectivity index (χ0n) is 14.0. The highest BCUT2D eigenvalue weighted by molar-refractivity contribution is 7.99. The first-order valence-electron chi connectivity index (χ1n) is 7.75. The molecule has 0 fully saturated rings. The molecule has 0 aliphatic heterocycles. The Bertz CT molecular complexity index is 733. The SMILES string of the molecule is Cc1ccc(C(C)NC(=O)CSCc2ccc(Cl)c(Cl)c2)cc1C. The number of benzene rings is 2. The van der Waals surface area contributed by atoms with Crippen molar-refractivity contribution in [1.82, 2.24) is 5.32 Å². The number of amides is 1. The predicted molar refractivity (Wildman–Crippen MR) is 105 cm³/mol. The Balaban J connectivity index is 1.82. The Labute approximate surface area is 157 Å². The topological polar surface area (TPSA) is 29.1 Å². The van der Waals surface area contributed by atoms with Gasteiger partial charge >= 0.3 is 0 Å². The van der Waals surface area contributed by atoms with E-state index < -0.39 is 0 Å². The van der Waals surface area contributed by atoms with Gasteiger partial charge in [-0.15, -0.1) is 11.8 Å². The standard InChI is InChI=1S/C19H21Cl2NOS/c1-12-4-6-16(8-13(12)2)14(3)22-19(23)11-24-10-15-5-7-17(20)18(21)9-15/h4-9,14H,10-11H2,1-3H3,(H,22,23). The van der Waals surface area contributed by atoms with Crippen LogP contribution in [-0.2, 0) is 10.5 Å². The molecule has 2 rings (SSSR count). The molecule has 24 heavy (non-hydrogen) atoms. The van der Waals surface area contributed by atoms with Gasteiger partial charge in [0, 0.05) is 5.75 Å². The molecule has 1 N–H and O–H groups in total. The average Bonchev–Trinajstić information content (AvgIpc) is 2.53. The van der Waals surface area contributed by atoms with Crippen LogP contribution in [0.15, 0.2) is 36.4 Å². The summed E-state index contributed by atoms with van der Waals surface area (Å²) in [5, 5.41) is 4.13. The third kappa shape index (κ3) is 5.44. The normalized spacial score (nSPS) is 12.0. The van der Waals surface area contributed by atoms with Crippen molar-refractivity contribution in [3.63, 3.8) is 0 Å². The second kappa shape index (κ2) is 8.80. The molecule has 0 aromatic heterocycles. The zero-order chi connectivity index (χ0) is 17.7. The highest BCUT2D eigenvalue weighted by atomic mass is 35.5. The number of carbonyl (C=O) groups excluding carboxylic acids is 1. The quantitative estimate of drug-likeness (QED) is 0.692. The summed E-state index contributed by atoms with van der Waals surface area (Å²) in [5.74, 6) is 1.17. The van der Waals surface area contributed by atoms with Gasteiger partial charge in [0.2, 0.25) is 5.91 Å². The van der Waals surface area contributed by atoms with Gasteiger partial charge in [-0.1, -0.05) is 47.5 Å². The maximum absolute atomic E-state index is 12.1. The summed E-state index contributed by atoms with van der Waals surface area (Å²) < 4.78 is 0. The van der Waals surface area contributed by atoms with E-state index in [9.17, 15) is 4.79 Å². The molecular formula is C19H21Cl2NOS. The molecule has 0 heterocycles. The number of thioether (sulfide) groups is 1. The van der Waals surface area contributed by atoms with Gasteiger partial charge in [-0.3, -0.25) is 4.79 Å². The van der Waals surface area contributed by atoms with Gasteiger partial charge in [-0.25, -0.2) is 0 Å². The van der Waals surface area contributed by atoms with E-state index in [0.29, 0.717) is 15.8 Å². The predicted octanol–water partition coefficient (Wildman–Crippen LogP) is 5.72. The van der Waals surface area contributed by atoms with Crippen LogP contribution in [0.2, 0.25) is 10.0 Å². The van der Waals surface area contributed by atoms with Crippen molar-refractivity contribution < 1.29 is 4.79 Å². The van der Waals surface area contributed by atoms with Crippen molar-refractivity contribution in [2.24, 2.45) is 0 Å². The smallest absolute Gasteiger partial charge is 0.230 e. The molecule has 0 aliphatic carbocycles. The number of nitrogens with one attached hydrogen (secondary N) is 1. The van der Waals surface area contributed by atoms with E-state index in [1.165, 1.54) is 11.1 Å². The van der Waals surface area contributed by atoms with Crippen molar-refractivity contribution in [2.45, 2.75) is 32.6 Å². The van der Waals surface area contributed by atoms with Gasteiger partial charge in [0.1, 0.15) is 0 Å². The molecule has 0 aliphatic rings. The molecule has 2 nitrogen and oxygen atoms in total. The van der Waals surface area contributed by atoms with Crippen molar-refractivity contribution in [1.29, 1.82) is 0 Å². The van der Waals surface area contributed by atoms with Crippen LogP contribution in [0.5, 0.6) is 0 Å². The van der Waals surface area contributed by atoms with E-state index in [4.69, 9.17) is 23.2 Å². The number of hydrogen-bond acceptors (Lipinski definition) is 2. The fourth-order valence-corrected chi connectivity index (χ4v) is 3.40. The third-order valence-electron chi connectivity index (χ3n) is 3.89. The fourth-order valence-electron chi connectivity index (χ4n) is 2.29. The first-order chi connectivity index (χ1) is 11.4. The monoisotopic (exact) mass is 381 g/mol. The summed E-state index contributed by atoms with van der Waals surface area (Å²) in [5.41, 5.74) is 4.68. The minimum Gasteiger partial charge on any atom is -0.349 e. The van der Waals surface area contributed by atoms with E-state index in [0.717, 1.165) is 16.9 Å². The van der Waals surface area contributed by atoms with Crippen molar-refractivity contribution in [3.8, 4) is 0 Å². The van der Waals surface area contributed by atoms with Crippen LogP contribution >= 0.6 is 35.0 Å². The zero-order valence-corrected chi connectivity index (χ0v) is 16.4. The second-order valence-corrected chi connectivity index (χ2v) is 7.67. The lowest BCUT2D eigenvalue weighted by molar-refractivity contribution is -0.119. The van der Waals surface area contributed by atoms with Gasteiger partial charge in [0.15, 0.2) is 0 Å². The van der Waals surface area contributed by atoms with Gasteiger partial charge < -0.3 is 5.32 Å². The maximum atomic E-state index is 12.1. The number of rotatable bonds is 6. The summed E-state index contributed by atoms with van der Waals surface area (Å²) in [6, 6.07) is 11.8. The molecule has 0 radical (unpaired) electrons. The molecule has 2 aromatic rings. The Morgan fingerprint density at radius 2 is 1.83 bits per heavy atom. The molecule has 5 heteroatoms. The van der Waals surface area contributed by atoms with E-state index >= 15 is 0 Å². The second-order valence-electron chi connectivity index (χ2n) is 5.87. The van der Waals surface area contributed by atoms with Gasteiger partial charge in [0.25, 0.3) is 0 Å². The summed E-state index contributed by atoms with van der Waals surface area (Å²) in [4.78, 5) is 12.1. The van der Waals surface area contributed by atoms with Gasteiger partial charge in [-0.05, 0) is 55.2 Å². The highest BCUT2D eigenvalue weighted by Gasteiger charge is 2.10. The molecule has 0 spiro atoms. The summed E-state index contributed by atoms with van der Waals surface area (Å²) in [7, 11) is 0. The van der Waals surface area contributed by atoms with Crippen LogP contribution in [0.4, 0.5) is 0 Å². The number of aryl methyl sites for hydroxylation is 2. The Morgan fingerprint density at radius 1 is 1.08 bits per heavy atom. The number of carbonyl (C=O) groups is 1. The van der Waals surface area contributed by atoms with Gasteiger partial charge in [0.05, 0.1) is 21.8 Å². The Hall–Kier alpha value is -1.16. The molecule has 0 saturated carbocycles. The lowest BCUT2D eigenvalue weighted by Gasteiger charge is -2.15. The van der Waals surface area contributed by atoms with Crippen LogP contribution in [0, 0.1) is 13.8 Å². The van der Waals surface area contributed by atoms with E-state index in [2.05, 4.69) is 37.4 Å². The summed E-state index contributed by atoms with van der Waals surface area (Å²) in [6.07, 6.45) is 0. The summed E-state index contributed by atoms with van der Waals surface area (Å²) in [6.45, 7) is 6.17. The maximum Gasteiger partial charge on any atom is 0.230 e. The molecule has 1 atom stereocenters. The first-order valence-corrected chi connectivity index (χ1v) is 9.66. The van der Waals surface area contributed by atoms with Crippen LogP contribution in [0.3, 0.4) is 0 Å². The van der Waals surface area contributed by atoms with Crippen molar-refractivity contribution in [2.75, 3.05) is 5.75 Å². The fraction of sp³-hybridized carbons (Fsp3) is 0.316. The summed E-state index contributed by atoms with van der Waals surface area (Å²) >= 11 is 13.5. The molecule has 2 aromatic carbocycles. The van der Waals surface area contributed by atoms with E-state index in [-0.39, 0.29) is 11.9 Å². The van der Waals surface area contributed by atoms with Crippen LogP contribution in [0.25, 0.3) is 0 Å². The molecule has 0 saturated heterocycles. The average molecular weight is 382 g/mol. The van der Waals surface area contributed by atoms with Crippen molar-refractivity contribution >= 4 is 40.9 Å². The number of hydrogen-bond donors (Lipinski definition) is 1. The van der Waals surface area contributed by atoms with Gasteiger partial charge in [-0.2, -0.15) is 0 Å². The third-order valence-corrected chi connectivity index (χ3v) is 5.64. The van der Waals surface area contributed by atoms with E-state index in [1.807, 2.05) is 19.1 Å². The highest BCUT2D eigenvalue weighted by Crippen LogP contribution is 2.24. The minimum atomic E-state index is 0.00220. The van der Waals surface area contributed by atoms with E-state index in [1.54, 1.807) is 17.8 Å². The molecule has 128 valence electrons. The Kier molecular flexibility index (Phi) is 7.02. The van der Waals surface area contributed by atoms with Crippen molar-refractivity contribution in [3.05, 3.63) is 68.7 Å². The molecule has 0 bridgehead atoms. The van der Waals surface area contributed by atoms with Crippen LogP contribution < -0.4 is 5.32 Å². The molecule has 1 amide bonds. The van der Waals surface area contributed by atoms with Crippen LogP contribution in [0.1, 0.15) is 35.2 Å². The molecule has 1 unspecified atom stereocenters. The first kappa shape index (κ1) is 19.2. The largest absolute Gasteiger partial charge is 0.349 e. The van der Waals surface area contributed by atoms with Crippen LogP contribution in [-0.4, -0.2) is 11.7 Å². The Morgan fingerprint density at radius 3 is 2.50 bits per heavy atom. The lowest BCUT2D eigenvalue weighted by atomic mass is 10.0. The molecular weight excluding hydrogens is 361 g/mol. The minimum absolute atomic E-state index is 0.00220.